The molecule has 4 aliphatic rings. The quantitative estimate of drug-likeness (QED) is 0.164. The van der Waals surface area contributed by atoms with E-state index in [1.54, 1.807) is 11.1 Å². The van der Waals surface area contributed by atoms with E-state index in [1.807, 2.05) is 0 Å². The molecule has 0 amide bonds. The molecule has 2 aliphatic carbocycles. The fraction of sp³-hybridized carbons (Fsp3) is 0.200. The third kappa shape index (κ3) is 3.71. The van der Waals surface area contributed by atoms with Gasteiger partial charge in [0.2, 0.25) is 0 Å². The molecule has 43 heavy (non-hydrogen) atoms. The number of fused-ring (bicyclic) bond motifs is 5. The van der Waals surface area contributed by atoms with E-state index in [4.69, 9.17) is 0 Å². The number of benzene rings is 5. The summed E-state index contributed by atoms with van der Waals surface area (Å²) < 4.78 is 3.04. The first kappa shape index (κ1) is 25.7. The molecule has 2 heterocycles. The van der Waals surface area contributed by atoms with Crippen LogP contribution in [0.15, 0.2) is 126 Å². The zero-order valence-corrected chi connectivity index (χ0v) is 26.5. The fourth-order valence-electron chi connectivity index (χ4n) is 8.69. The molecule has 0 spiro atoms. The van der Waals surface area contributed by atoms with Crippen LogP contribution in [0.5, 0.6) is 0 Å². The molecule has 0 radical (unpaired) electrons. The van der Waals surface area contributed by atoms with Crippen molar-refractivity contribution in [1.82, 2.24) is 0 Å². The number of hydrogen-bond acceptors (Lipinski definition) is 1. The third-order valence-electron chi connectivity index (χ3n) is 10.5. The number of para-hydroxylation sites is 1. The second-order valence-electron chi connectivity index (χ2n) is 13.1. The van der Waals surface area contributed by atoms with Crippen LogP contribution in [0.3, 0.4) is 0 Å². The summed E-state index contributed by atoms with van der Waals surface area (Å²) >= 11 is 0.306. The number of rotatable bonds is 2. The summed E-state index contributed by atoms with van der Waals surface area (Å²) in [4.78, 5) is 2.56. The van der Waals surface area contributed by atoms with Crippen molar-refractivity contribution in [2.75, 3.05) is 4.90 Å². The molecular weight excluding hydrogens is 584 g/mol. The van der Waals surface area contributed by atoms with Gasteiger partial charge in [-0.3, -0.25) is 0 Å². The van der Waals surface area contributed by atoms with E-state index in [9.17, 15) is 0 Å². The molecule has 0 saturated heterocycles. The van der Waals surface area contributed by atoms with Crippen molar-refractivity contribution in [3.8, 4) is 0 Å². The van der Waals surface area contributed by atoms with Gasteiger partial charge in [-0.1, -0.05) is 0 Å². The predicted molar refractivity (Wildman–Crippen MR) is 184 cm³/mol. The first-order valence-electron chi connectivity index (χ1n) is 15.8. The van der Waals surface area contributed by atoms with Crippen molar-refractivity contribution in [2.45, 2.75) is 50.9 Å². The average molecular weight is 618 g/mol. The van der Waals surface area contributed by atoms with E-state index < -0.39 is 0 Å². The normalized spacial score (nSPS) is 19.2. The van der Waals surface area contributed by atoms with Gasteiger partial charge in [-0.2, -0.15) is 0 Å². The van der Waals surface area contributed by atoms with Crippen molar-refractivity contribution in [3.05, 3.63) is 143 Å². The summed E-state index contributed by atoms with van der Waals surface area (Å²) in [7, 11) is 0. The zero-order chi connectivity index (χ0) is 28.7. The van der Waals surface area contributed by atoms with E-state index in [2.05, 4.69) is 134 Å². The number of nitrogens with zero attached hydrogens (tertiary/aromatic N) is 1. The van der Waals surface area contributed by atoms with Gasteiger partial charge in [-0.15, -0.1) is 0 Å². The van der Waals surface area contributed by atoms with Gasteiger partial charge in [0.1, 0.15) is 0 Å². The van der Waals surface area contributed by atoms with Crippen LogP contribution in [-0.2, 0) is 5.41 Å². The van der Waals surface area contributed by atoms with Crippen molar-refractivity contribution < 1.29 is 0 Å². The van der Waals surface area contributed by atoms with Crippen molar-refractivity contribution in [1.29, 1.82) is 0 Å². The Morgan fingerprint density at radius 2 is 1.47 bits per heavy atom. The summed E-state index contributed by atoms with van der Waals surface area (Å²) in [5, 5.41) is 0. The third-order valence-corrected chi connectivity index (χ3v) is 13.0. The SMILES string of the molecule is CC1(C)C2=C(CCCC2)C(c2ccc3c(c2)N(c2ccccc2)c2cccc4c2B3c2ccccc2[Se]4)c2ccccc21. The Kier molecular flexibility index (Phi) is 5.75. The van der Waals surface area contributed by atoms with E-state index >= 15 is 0 Å². The van der Waals surface area contributed by atoms with Crippen LogP contribution < -0.4 is 30.2 Å². The topological polar surface area (TPSA) is 3.24 Å². The average Bonchev–Trinajstić information content (AvgIpc) is 3.05. The number of anilines is 3. The molecule has 0 aromatic heterocycles. The van der Waals surface area contributed by atoms with Crippen molar-refractivity contribution in [3.63, 3.8) is 0 Å². The van der Waals surface area contributed by atoms with Crippen LogP contribution in [0, 0.1) is 0 Å². The van der Waals surface area contributed by atoms with Gasteiger partial charge in [-0.05, 0) is 0 Å². The van der Waals surface area contributed by atoms with Gasteiger partial charge in [0.05, 0.1) is 0 Å². The minimum absolute atomic E-state index is 0.0933. The number of allylic oxidation sites excluding steroid dienone is 2. The molecule has 5 aromatic rings. The van der Waals surface area contributed by atoms with Gasteiger partial charge in [0, 0.05) is 0 Å². The summed E-state index contributed by atoms with van der Waals surface area (Å²) in [5.74, 6) is 0.317. The molecule has 208 valence electrons. The Balaban J connectivity index is 1.31. The van der Waals surface area contributed by atoms with Crippen molar-refractivity contribution in [2.24, 2.45) is 0 Å². The molecule has 3 heteroatoms. The molecule has 2 aliphatic heterocycles. The second-order valence-corrected chi connectivity index (χ2v) is 15.4. The van der Waals surface area contributed by atoms with Crippen LogP contribution >= 0.6 is 0 Å². The monoisotopic (exact) mass is 619 g/mol. The van der Waals surface area contributed by atoms with Crippen LogP contribution in [0.4, 0.5) is 17.1 Å². The van der Waals surface area contributed by atoms with E-state index in [1.165, 1.54) is 84.7 Å². The molecule has 0 saturated carbocycles. The minimum atomic E-state index is 0.0933. The van der Waals surface area contributed by atoms with Crippen LogP contribution in [-0.4, -0.2) is 21.7 Å². The van der Waals surface area contributed by atoms with Crippen LogP contribution in [0.1, 0.15) is 62.1 Å². The van der Waals surface area contributed by atoms with E-state index in [0.29, 0.717) is 20.9 Å². The first-order chi connectivity index (χ1) is 21.1. The Hall–Kier alpha value is -3.78. The van der Waals surface area contributed by atoms with Crippen LogP contribution in [0.2, 0.25) is 0 Å². The van der Waals surface area contributed by atoms with Gasteiger partial charge < -0.3 is 0 Å². The summed E-state index contributed by atoms with van der Waals surface area (Å²) in [6.45, 7) is 5.19. The van der Waals surface area contributed by atoms with Gasteiger partial charge in [0.15, 0.2) is 0 Å². The summed E-state index contributed by atoms with van der Waals surface area (Å²) in [6, 6.07) is 44.1. The van der Waals surface area contributed by atoms with E-state index in [0.717, 1.165) is 0 Å². The second kappa shape index (κ2) is 9.61. The molecule has 0 fully saturated rings. The van der Waals surface area contributed by atoms with Crippen molar-refractivity contribution >= 4 is 64.0 Å². The summed E-state index contributed by atoms with van der Waals surface area (Å²) in [5.41, 5.74) is 16.3. The fourth-order valence-corrected chi connectivity index (χ4v) is 11.1. The Morgan fingerprint density at radius 1 is 0.698 bits per heavy atom. The van der Waals surface area contributed by atoms with Gasteiger partial charge in [0.25, 0.3) is 0 Å². The Bertz CT molecular complexity index is 1960. The zero-order valence-electron chi connectivity index (χ0n) is 24.8. The number of hydrogen-bond donors (Lipinski definition) is 0. The standard InChI is InChI=1S/C40H34BNSe/c1-40(2)30-17-8-6-15-28(30)38(29-16-7-9-18-31(29)40)26-23-24-32-35(25-26)42(27-13-4-3-5-14-27)34-20-12-22-37-39(34)41(32)33-19-10-11-21-36(33)43-37/h3-6,8,10-15,17,19-25,38H,7,9,16,18H2,1-2H3. The Morgan fingerprint density at radius 3 is 2.37 bits per heavy atom. The molecule has 1 unspecified atom stereocenters. The molecule has 1 atom stereocenters. The molecule has 0 N–H and O–H groups in total. The molecule has 9 rings (SSSR count). The van der Waals surface area contributed by atoms with Gasteiger partial charge >= 0.3 is 263 Å². The molecular formula is C40H34BNSe. The molecule has 0 bridgehead atoms. The first-order valence-corrected chi connectivity index (χ1v) is 17.5. The summed E-state index contributed by atoms with van der Waals surface area (Å²) in [6.07, 6.45) is 5.04. The van der Waals surface area contributed by atoms with E-state index in [-0.39, 0.29) is 12.1 Å². The Labute approximate surface area is 261 Å². The maximum absolute atomic E-state index is 2.57. The van der Waals surface area contributed by atoms with Crippen LogP contribution in [0.25, 0.3) is 0 Å². The molecule has 1 nitrogen and oxygen atoms in total. The van der Waals surface area contributed by atoms with Gasteiger partial charge in [-0.25, -0.2) is 0 Å². The predicted octanol–water partition coefficient (Wildman–Crippen LogP) is 6.25. The molecule has 5 aromatic carbocycles. The maximum atomic E-state index is 2.57.